The number of rotatable bonds is 7. The fourth-order valence-electron chi connectivity index (χ4n) is 1.89. The van der Waals surface area contributed by atoms with Crippen LogP contribution in [0.1, 0.15) is 43.6 Å². The molecular formula is C16H22N2OS. The number of aromatic nitrogens is 1. The molecule has 1 aromatic carbocycles. The molecule has 2 aromatic rings. The molecular weight excluding hydrogens is 268 g/mol. The topological polar surface area (TPSA) is 34.2 Å². The quantitative estimate of drug-likeness (QED) is 0.804. The van der Waals surface area contributed by atoms with Crippen LogP contribution in [0.2, 0.25) is 0 Å². The Balaban J connectivity index is 1.89. The third-order valence-electron chi connectivity index (χ3n) is 3.32. The Kier molecular flexibility index (Phi) is 5.41. The van der Waals surface area contributed by atoms with Crippen LogP contribution in [0.5, 0.6) is 5.75 Å². The van der Waals surface area contributed by atoms with Crippen LogP contribution in [0.3, 0.4) is 0 Å². The van der Waals surface area contributed by atoms with Gasteiger partial charge in [-0.05, 0) is 37.0 Å². The minimum Gasteiger partial charge on any atom is -0.488 e. The van der Waals surface area contributed by atoms with E-state index in [1.807, 2.05) is 18.3 Å². The fraction of sp³-hybridized carbons (Fsp3) is 0.438. The highest BCUT2D eigenvalue weighted by Crippen LogP contribution is 2.23. The highest BCUT2D eigenvalue weighted by Gasteiger charge is 2.04. The van der Waals surface area contributed by atoms with E-state index in [1.165, 1.54) is 5.56 Å². The van der Waals surface area contributed by atoms with E-state index >= 15 is 0 Å². The molecule has 0 saturated heterocycles. The Labute approximate surface area is 125 Å². The largest absolute Gasteiger partial charge is 0.488 e. The summed E-state index contributed by atoms with van der Waals surface area (Å²) in [5.41, 5.74) is 1.37. The summed E-state index contributed by atoms with van der Waals surface area (Å²) in [5, 5.41) is 4.16. The van der Waals surface area contributed by atoms with Crippen LogP contribution in [0.25, 0.3) is 0 Å². The predicted octanol–water partition coefficient (Wildman–Crippen LogP) is 4.67. The van der Waals surface area contributed by atoms with Crippen molar-refractivity contribution in [1.29, 1.82) is 0 Å². The van der Waals surface area contributed by atoms with Crippen LogP contribution in [0.4, 0.5) is 5.13 Å². The second-order valence-electron chi connectivity index (χ2n) is 4.83. The summed E-state index contributed by atoms with van der Waals surface area (Å²) >= 11 is 1.64. The van der Waals surface area contributed by atoms with Gasteiger partial charge in [0.05, 0.1) is 4.88 Å². The van der Waals surface area contributed by atoms with Crippen molar-refractivity contribution in [3.63, 3.8) is 0 Å². The van der Waals surface area contributed by atoms with Gasteiger partial charge in [0, 0.05) is 12.7 Å². The van der Waals surface area contributed by atoms with Gasteiger partial charge in [0.25, 0.3) is 0 Å². The second-order valence-corrected chi connectivity index (χ2v) is 5.94. The lowest BCUT2D eigenvalue weighted by Gasteiger charge is -2.10. The molecule has 0 aliphatic heterocycles. The summed E-state index contributed by atoms with van der Waals surface area (Å²) in [4.78, 5) is 5.43. The van der Waals surface area contributed by atoms with Gasteiger partial charge < -0.3 is 10.1 Å². The van der Waals surface area contributed by atoms with E-state index in [2.05, 4.69) is 43.2 Å². The molecule has 0 radical (unpaired) electrons. The van der Waals surface area contributed by atoms with E-state index in [1.54, 1.807) is 11.3 Å². The van der Waals surface area contributed by atoms with Gasteiger partial charge in [0.1, 0.15) is 12.4 Å². The lowest BCUT2D eigenvalue weighted by Crippen LogP contribution is -1.95. The first-order valence-corrected chi connectivity index (χ1v) is 7.95. The van der Waals surface area contributed by atoms with Gasteiger partial charge in [-0.1, -0.05) is 37.3 Å². The number of benzene rings is 1. The molecule has 0 saturated carbocycles. The number of anilines is 1. The van der Waals surface area contributed by atoms with Gasteiger partial charge in [-0.25, -0.2) is 4.98 Å². The molecule has 1 unspecified atom stereocenters. The Morgan fingerprint density at radius 1 is 1.25 bits per heavy atom. The molecule has 1 atom stereocenters. The zero-order valence-corrected chi connectivity index (χ0v) is 13.2. The maximum absolute atomic E-state index is 5.79. The van der Waals surface area contributed by atoms with Crippen molar-refractivity contribution < 1.29 is 4.74 Å². The number of nitrogens with one attached hydrogen (secondary N) is 1. The van der Waals surface area contributed by atoms with Crippen LogP contribution in [0.15, 0.2) is 30.5 Å². The molecule has 108 valence electrons. The first-order chi connectivity index (χ1) is 9.72. The van der Waals surface area contributed by atoms with Crippen molar-refractivity contribution in [3.05, 3.63) is 40.9 Å². The molecule has 0 bridgehead atoms. The van der Waals surface area contributed by atoms with Gasteiger partial charge in [-0.2, -0.15) is 0 Å². The molecule has 3 nitrogen and oxygen atoms in total. The molecule has 0 spiro atoms. The molecule has 20 heavy (non-hydrogen) atoms. The van der Waals surface area contributed by atoms with E-state index in [-0.39, 0.29) is 0 Å². The summed E-state index contributed by atoms with van der Waals surface area (Å²) in [7, 11) is 0. The molecule has 0 fully saturated rings. The standard InChI is InChI=1S/C16H22N2OS/c1-4-12(3)13-6-8-14(9-7-13)19-11-15-10-18-16(20-15)17-5-2/h6-10,12H,4-5,11H2,1-3H3,(H,17,18). The zero-order valence-electron chi connectivity index (χ0n) is 12.3. The maximum Gasteiger partial charge on any atom is 0.182 e. The Morgan fingerprint density at radius 3 is 2.65 bits per heavy atom. The van der Waals surface area contributed by atoms with Crippen molar-refractivity contribution in [2.45, 2.75) is 39.7 Å². The second kappa shape index (κ2) is 7.29. The van der Waals surface area contributed by atoms with Crippen molar-refractivity contribution in [2.24, 2.45) is 0 Å². The third-order valence-corrected chi connectivity index (χ3v) is 4.25. The minimum atomic E-state index is 0.575. The summed E-state index contributed by atoms with van der Waals surface area (Å²) in [5.74, 6) is 1.52. The van der Waals surface area contributed by atoms with Crippen molar-refractivity contribution in [2.75, 3.05) is 11.9 Å². The fourth-order valence-corrected chi connectivity index (χ4v) is 2.68. The normalized spacial score (nSPS) is 12.2. The minimum absolute atomic E-state index is 0.575. The van der Waals surface area contributed by atoms with Crippen LogP contribution in [-0.4, -0.2) is 11.5 Å². The molecule has 2 rings (SSSR count). The van der Waals surface area contributed by atoms with Crippen molar-refractivity contribution in [3.8, 4) is 5.75 Å². The molecule has 0 aliphatic carbocycles. The van der Waals surface area contributed by atoms with E-state index in [9.17, 15) is 0 Å². The van der Waals surface area contributed by atoms with E-state index in [0.717, 1.165) is 28.7 Å². The number of ether oxygens (including phenoxy) is 1. The molecule has 0 amide bonds. The van der Waals surface area contributed by atoms with E-state index in [0.29, 0.717) is 12.5 Å². The highest BCUT2D eigenvalue weighted by molar-refractivity contribution is 7.15. The maximum atomic E-state index is 5.79. The summed E-state index contributed by atoms with van der Waals surface area (Å²) in [6.07, 6.45) is 3.03. The molecule has 4 heteroatoms. The smallest absolute Gasteiger partial charge is 0.182 e. The summed E-state index contributed by atoms with van der Waals surface area (Å²) in [6.45, 7) is 7.99. The van der Waals surface area contributed by atoms with Crippen LogP contribution in [-0.2, 0) is 6.61 Å². The lowest BCUT2D eigenvalue weighted by atomic mass is 9.99. The highest BCUT2D eigenvalue weighted by atomic mass is 32.1. The third kappa shape index (κ3) is 3.97. The Morgan fingerprint density at radius 2 is 2.00 bits per heavy atom. The van der Waals surface area contributed by atoms with Crippen molar-refractivity contribution >= 4 is 16.5 Å². The van der Waals surface area contributed by atoms with Crippen LogP contribution < -0.4 is 10.1 Å². The molecule has 1 heterocycles. The number of thiazole rings is 1. The molecule has 0 aliphatic rings. The van der Waals surface area contributed by atoms with Gasteiger partial charge in [-0.3, -0.25) is 0 Å². The number of hydrogen-bond acceptors (Lipinski definition) is 4. The monoisotopic (exact) mass is 290 g/mol. The van der Waals surface area contributed by atoms with Crippen LogP contribution >= 0.6 is 11.3 Å². The molecule has 1 N–H and O–H groups in total. The van der Waals surface area contributed by atoms with Gasteiger partial charge in [0.15, 0.2) is 5.13 Å². The first-order valence-electron chi connectivity index (χ1n) is 7.14. The first kappa shape index (κ1) is 14.9. The summed E-state index contributed by atoms with van der Waals surface area (Å²) in [6, 6.07) is 8.40. The zero-order chi connectivity index (χ0) is 14.4. The molecule has 1 aromatic heterocycles. The average molecular weight is 290 g/mol. The Bertz CT molecular complexity index is 522. The van der Waals surface area contributed by atoms with E-state index < -0.39 is 0 Å². The van der Waals surface area contributed by atoms with E-state index in [4.69, 9.17) is 4.74 Å². The number of nitrogens with zero attached hydrogens (tertiary/aromatic N) is 1. The van der Waals surface area contributed by atoms with Crippen LogP contribution in [0, 0.1) is 0 Å². The predicted molar refractivity (Wildman–Crippen MR) is 85.8 cm³/mol. The SMILES string of the molecule is CCNc1ncc(COc2ccc(C(C)CC)cc2)s1. The van der Waals surface area contributed by atoms with Gasteiger partial charge >= 0.3 is 0 Å². The van der Waals surface area contributed by atoms with Gasteiger partial charge in [0.2, 0.25) is 0 Å². The average Bonchev–Trinajstić information content (AvgIpc) is 2.93. The Hall–Kier alpha value is -1.55. The van der Waals surface area contributed by atoms with Crippen molar-refractivity contribution in [1.82, 2.24) is 4.98 Å². The summed E-state index contributed by atoms with van der Waals surface area (Å²) < 4.78 is 5.79. The lowest BCUT2D eigenvalue weighted by molar-refractivity contribution is 0.309. The number of hydrogen-bond donors (Lipinski definition) is 1. The van der Waals surface area contributed by atoms with Gasteiger partial charge in [-0.15, -0.1) is 0 Å².